The summed E-state index contributed by atoms with van der Waals surface area (Å²) in [4.78, 5) is 22.0. The van der Waals surface area contributed by atoms with Crippen LogP contribution in [0.25, 0.3) is 0 Å². The molecule has 0 saturated heterocycles. The van der Waals surface area contributed by atoms with Gasteiger partial charge in [0, 0.05) is 18.0 Å². The fourth-order valence-electron chi connectivity index (χ4n) is 1.39. The predicted molar refractivity (Wildman–Crippen MR) is 74.7 cm³/mol. The summed E-state index contributed by atoms with van der Waals surface area (Å²) in [5, 5.41) is 2.71. The van der Waals surface area contributed by atoms with E-state index in [0.29, 0.717) is 24.6 Å². The van der Waals surface area contributed by atoms with Gasteiger partial charge in [0.2, 0.25) is 0 Å². The number of carbonyl (C=O) groups excluding carboxylic acids is 2. The molecule has 1 rings (SSSR count). The molecule has 0 spiro atoms. The van der Waals surface area contributed by atoms with Crippen LogP contribution in [0.4, 0.5) is 4.79 Å². The van der Waals surface area contributed by atoms with Crippen LogP contribution in [0.3, 0.4) is 0 Å². The molecule has 0 fully saturated rings. The molecule has 0 unspecified atom stereocenters. The van der Waals surface area contributed by atoms with Gasteiger partial charge in [-0.1, -0.05) is 12.1 Å². The third kappa shape index (κ3) is 6.40. The molecule has 0 heterocycles. The fourth-order valence-corrected chi connectivity index (χ4v) is 1.57. The average molecular weight is 301 g/mol. The molecule has 0 saturated carbocycles. The number of ether oxygens (including phenoxy) is 2. The second kappa shape index (κ2) is 9.17. The number of halogens is 1. The van der Waals surface area contributed by atoms with Gasteiger partial charge in [0.15, 0.2) is 0 Å². The lowest BCUT2D eigenvalue weighted by Crippen LogP contribution is -2.27. The van der Waals surface area contributed by atoms with Gasteiger partial charge in [0.25, 0.3) is 5.91 Å². The molecule has 0 aliphatic heterocycles. The Morgan fingerprint density at radius 2 is 1.85 bits per heavy atom. The highest BCUT2D eigenvalue weighted by molar-refractivity contribution is 6.17. The van der Waals surface area contributed by atoms with Crippen molar-refractivity contribution in [3.8, 4) is 0 Å². The SMILES string of the molecule is NC(=O)OCCOCCNC(=O)c1ccc(CCl)cc1. The summed E-state index contributed by atoms with van der Waals surface area (Å²) in [6, 6.07) is 7.04. The molecule has 0 radical (unpaired) electrons. The van der Waals surface area contributed by atoms with Crippen molar-refractivity contribution in [2.24, 2.45) is 5.73 Å². The highest BCUT2D eigenvalue weighted by atomic mass is 35.5. The van der Waals surface area contributed by atoms with Gasteiger partial charge in [-0.2, -0.15) is 0 Å². The first kappa shape index (κ1) is 16.3. The molecule has 110 valence electrons. The molecule has 0 atom stereocenters. The van der Waals surface area contributed by atoms with Crippen LogP contribution in [0.15, 0.2) is 24.3 Å². The summed E-state index contributed by atoms with van der Waals surface area (Å²) < 4.78 is 9.62. The zero-order chi connectivity index (χ0) is 14.8. The zero-order valence-corrected chi connectivity index (χ0v) is 11.7. The largest absolute Gasteiger partial charge is 0.447 e. The van der Waals surface area contributed by atoms with Crippen LogP contribution in [-0.4, -0.2) is 38.4 Å². The minimum absolute atomic E-state index is 0.100. The van der Waals surface area contributed by atoms with Crippen molar-refractivity contribution >= 4 is 23.6 Å². The van der Waals surface area contributed by atoms with Crippen LogP contribution >= 0.6 is 11.6 Å². The van der Waals surface area contributed by atoms with Crippen LogP contribution in [0.5, 0.6) is 0 Å². The number of nitrogens with two attached hydrogens (primary N) is 1. The Hall–Kier alpha value is -1.79. The minimum Gasteiger partial charge on any atom is -0.447 e. The second-order valence-electron chi connectivity index (χ2n) is 3.87. The van der Waals surface area contributed by atoms with Gasteiger partial charge >= 0.3 is 6.09 Å². The molecule has 2 amide bonds. The summed E-state index contributed by atoms with van der Waals surface area (Å²) in [5.74, 6) is 0.242. The molecular formula is C13H17ClN2O4. The first-order valence-corrected chi connectivity index (χ1v) is 6.60. The van der Waals surface area contributed by atoms with E-state index in [1.807, 2.05) is 0 Å². The monoisotopic (exact) mass is 300 g/mol. The summed E-state index contributed by atoms with van der Waals surface area (Å²) in [6.45, 7) is 1.03. The molecule has 1 aromatic carbocycles. The Labute approximate surface area is 122 Å². The van der Waals surface area contributed by atoms with Crippen LogP contribution in [0.1, 0.15) is 15.9 Å². The van der Waals surface area contributed by atoms with E-state index >= 15 is 0 Å². The summed E-state index contributed by atoms with van der Waals surface area (Å²) in [7, 11) is 0. The molecule has 3 N–H and O–H groups in total. The van der Waals surface area contributed by atoms with Gasteiger partial charge < -0.3 is 20.5 Å². The Bertz CT molecular complexity index is 437. The number of rotatable bonds is 8. The third-order valence-electron chi connectivity index (χ3n) is 2.37. The van der Waals surface area contributed by atoms with Gasteiger partial charge in [-0.05, 0) is 17.7 Å². The van der Waals surface area contributed by atoms with E-state index in [1.165, 1.54) is 0 Å². The van der Waals surface area contributed by atoms with Crippen LogP contribution in [0.2, 0.25) is 0 Å². The van der Waals surface area contributed by atoms with Crippen LogP contribution < -0.4 is 11.1 Å². The number of benzene rings is 1. The van der Waals surface area contributed by atoms with E-state index in [9.17, 15) is 9.59 Å². The molecule has 1 aromatic rings. The van der Waals surface area contributed by atoms with Crippen LogP contribution in [0, 0.1) is 0 Å². The van der Waals surface area contributed by atoms with Crippen molar-refractivity contribution in [2.45, 2.75) is 5.88 Å². The summed E-state index contributed by atoms with van der Waals surface area (Å²) >= 11 is 5.67. The number of carbonyl (C=O) groups is 2. The van der Waals surface area contributed by atoms with E-state index in [-0.39, 0.29) is 19.1 Å². The molecular weight excluding hydrogens is 284 g/mol. The van der Waals surface area contributed by atoms with Crippen molar-refractivity contribution in [1.82, 2.24) is 5.32 Å². The second-order valence-corrected chi connectivity index (χ2v) is 4.13. The molecule has 0 bridgehead atoms. The third-order valence-corrected chi connectivity index (χ3v) is 2.68. The van der Waals surface area contributed by atoms with Gasteiger partial charge in [-0.15, -0.1) is 11.6 Å². The van der Waals surface area contributed by atoms with E-state index < -0.39 is 6.09 Å². The fraction of sp³-hybridized carbons (Fsp3) is 0.385. The van der Waals surface area contributed by atoms with Crippen molar-refractivity contribution in [3.63, 3.8) is 0 Å². The lowest BCUT2D eigenvalue weighted by Gasteiger charge is -2.07. The van der Waals surface area contributed by atoms with Gasteiger partial charge in [-0.3, -0.25) is 4.79 Å². The molecule has 6 nitrogen and oxygen atoms in total. The lowest BCUT2D eigenvalue weighted by molar-refractivity contribution is 0.0745. The smallest absolute Gasteiger partial charge is 0.404 e. The number of hydrogen-bond acceptors (Lipinski definition) is 4. The molecule has 0 aliphatic carbocycles. The highest BCUT2D eigenvalue weighted by Gasteiger charge is 2.04. The Kier molecular flexibility index (Phi) is 7.46. The maximum absolute atomic E-state index is 11.7. The molecule has 7 heteroatoms. The van der Waals surface area contributed by atoms with E-state index in [2.05, 4.69) is 10.1 Å². The normalized spacial score (nSPS) is 10.1. The number of primary amides is 1. The van der Waals surface area contributed by atoms with Gasteiger partial charge in [-0.25, -0.2) is 4.79 Å². The van der Waals surface area contributed by atoms with Gasteiger partial charge in [0.1, 0.15) is 6.61 Å². The predicted octanol–water partition coefficient (Wildman–Crippen LogP) is 1.27. The van der Waals surface area contributed by atoms with E-state index in [1.54, 1.807) is 24.3 Å². The number of nitrogens with one attached hydrogen (secondary N) is 1. The van der Waals surface area contributed by atoms with Crippen molar-refractivity contribution in [2.75, 3.05) is 26.4 Å². The maximum Gasteiger partial charge on any atom is 0.404 e. The lowest BCUT2D eigenvalue weighted by atomic mass is 10.1. The van der Waals surface area contributed by atoms with E-state index in [4.69, 9.17) is 22.1 Å². The van der Waals surface area contributed by atoms with Crippen molar-refractivity contribution in [1.29, 1.82) is 0 Å². The van der Waals surface area contributed by atoms with E-state index in [0.717, 1.165) is 5.56 Å². The minimum atomic E-state index is -0.831. The Morgan fingerprint density at radius 1 is 1.15 bits per heavy atom. The number of alkyl halides is 1. The molecule has 20 heavy (non-hydrogen) atoms. The summed E-state index contributed by atoms with van der Waals surface area (Å²) in [6.07, 6.45) is -0.831. The van der Waals surface area contributed by atoms with Gasteiger partial charge in [0.05, 0.1) is 13.2 Å². The topological polar surface area (TPSA) is 90.7 Å². The first-order chi connectivity index (χ1) is 9.63. The van der Waals surface area contributed by atoms with Crippen molar-refractivity contribution < 1.29 is 19.1 Å². The summed E-state index contributed by atoms with van der Waals surface area (Å²) in [5.41, 5.74) is 6.30. The quantitative estimate of drug-likeness (QED) is 0.559. The van der Waals surface area contributed by atoms with Crippen LogP contribution in [-0.2, 0) is 15.4 Å². The zero-order valence-electron chi connectivity index (χ0n) is 10.9. The maximum atomic E-state index is 11.7. The Balaban J connectivity index is 2.14. The molecule has 0 aliphatic rings. The molecule has 0 aromatic heterocycles. The highest BCUT2D eigenvalue weighted by Crippen LogP contribution is 2.06. The average Bonchev–Trinajstić information content (AvgIpc) is 2.45. The van der Waals surface area contributed by atoms with Crippen molar-refractivity contribution in [3.05, 3.63) is 35.4 Å². The number of hydrogen-bond donors (Lipinski definition) is 2. The number of amides is 2. The first-order valence-electron chi connectivity index (χ1n) is 6.06. The standard InChI is InChI=1S/C13H17ClN2O4/c14-9-10-1-3-11(4-2-10)12(17)16-5-6-19-7-8-20-13(15)18/h1-4H,5-9H2,(H2,15,18)(H,16,17). The Morgan fingerprint density at radius 3 is 2.45 bits per heavy atom.